The second kappa shape index (κ2) is 11.6. The third-order valence-electron chi connectivity index (χ3n) is 4.70. The minimum absolute atomic E-state index is 0.138. The van der Waals surface area contributed by atoms with Crippen molar-refractivity contribution in [3.05, 3.63) is 92.7 Å². The number of hydrogen-bond acceptors (Lipinski definition) is 8. The van der Waals surface area contributed by atoms with Crippen LogP contribution in [0.1, 0.15) is 23.3 Å². The van der Waals surface area contributed by atoms with Crippen molar-refractivity contribution in [3.63, 3.8) is 0 Å². The Morgan fingerprint density at radius 2 is 0.969 bits per heavy atom. The average Bonchev–Trinajstić information content (AvgIpc) is 2.84. The molecule has 12 nitrogen and oxygen atoms in total. The third-order valence-corrected chi connectivity index (χ3v) is 4.70. The van der Waals surface area contributed by atoms with Crippen molar-refractivity contribution in [2.45, 2.75) is 36.5 Å². The number of rotatable bonds is 11. The van der Waals surface area contributed by atoms with Crippen LogP contribution in [0.3, 0.4) is 0 Å². The summed E-state index contributed by atoms with van der Waals surface area (Å²) in [5.41, 5.74) is 17.9. The summed E-state index contributed by atoms with van der Waals surface area (Å²) < 4.78 is 0. The number of carbonyl (C=O) groups is 2. The molecular formula is C20H20N6O6. The van der Waals surface area contributed by atoms with Crippen LogP contribution in [-0.4, -0.2) is 56.3 Å². The normalized spacial score (nSPS) is 16.2. The first-order chi connectivity index (χ1) is 15.3. The summed E-state index contributed by atoms with van der Waals surface area (Å²) in [7, 11) is 0. The zero-order valence-corrected chi connectivity index (χ0v) is 16.5. The monoisotopic (exact) mass is 440 g/mol. The van der Waals surface area contributed by atoms with Gasteiger partial charge in [0.25, 0.3) is 0 Å². The molecule has 0 radical (unpaired) electrons. The second-order valence-corrected chi connectivity index (χ2v) is 6.71. The van der Waals surface area contributed by atoms with Crippen molar-refractivity contribution >= 4 is 11.6 Å². The first-order valence-electron chi connectivity index (χ1n) is 9.31. The Balaban J connectivity index is 2.31. The van der Waals surface area contributed by atoms with E-state index >= 15 is 0 Å². The molecule has 6 atom stereocenters. The van der Waals surface area contributed by atoms with Crippen LogP contribution in [0, 0.1) is 0 Å². The first-order valence-corrected chi connectivity index (χ1v) is 9.31. The van der Waals surface area contributed by atoms with Gasteiger partial charge in [-0.25, -0.2) is 0 Å². The van der Waals surface area contributed by atoms with Crippen molar-refractivity contribution in [1.29, 1.82) is 0 Å². The van der Waals surface area contributed by atoms with E-state index < -0.39 is 48.1 Å². The fourth-order valence-corrected chi connectivity index (χ4v) is 2.99. The fourth-order valence-electron chi connectivity index (χ4n) is 2.99. The molecule has 4 N–H and O–H groups in total. The summed E-state index contributed by atoms with van der Waals surface area (Å²) in [6.07, 6.45) is -8.09. The van der Waals surface area contributed by atoms with E-state index in [4.69, 9.17) is 11.1 Å². The Labute approximate surface area is 181 Å². The van der Waals surface area contributed by atoms with E-state index in [1.807, 2.05) is 0 Å². The molecule has 12 heteroatoms. The Morgan fingerprint density at radius 3 is 1.25 bits per heavy atom. The van der Waals surface area contributed by atoms with Crippen LogP contribution in [-0.2, 0) is 9.59 Å². The molecule has 0 aliphatic carbocycles. The van der Waals surface area contributed by atoms with Crippen molar-refractivity contribution in [2.24, 2.45) is 10.2 Å². The highest BCUT2D eigenvalue weighted by Gasteiger charge is 2.41. The van der Waals surface area contributed by atoms with Crippen LogP contribution in [0.25, 0.3) is 20.9 Å². The van der Waals surface area contributed by atoms with Crippen LogP contribution in [0.5, 0.6) is 0 Å². The lowest BCUT2D eigenvalue weighted by Gasteiger charge is -2.28. The lowest BCUT2D eigenvalue weighted by Crippen LogP contribution is -2.50. The number of ketones is 2. The van der Waals surface area contributed by atoms with Gasteiger partial charge in [0.1, 0.15) is 24.3 Å². The van der Waals surface area contributed by atoms with Gasteiger partial charge in [0.2, 0.25) is 0 Å². The number of carbonyl (C=O) groups excluding carboxylic acids is 2. The first kappa shape index (κ1) is 24.5. The maximum Gasteiger partial charge on any atom is 0.177 e. The minimum atomic E-state index is -2.24. The van der Waals surface area contributed by atoms with Gasteiger partial charge in [-0.1, -0.05) is 70.9 Å². The molecule has 2 aromatic rings. The molecule has 0 heterocycles. The SMILES string of the molecule is [N-]=[N+]=N[C@H](C(=O)C(O)c1ccccc1)[C@@H](O)[C@H](O)[C@H](N=[N+]=[N-])C(=O)C(O)c1ccccc1. The lowest BCUT2D eigenvalue weighted by molar-refractivity contribution is -0.139. The summed E-state index contributed by atoms with van der Waals surface area (Å²) in [6.45, 7) is 0. The molecule has 0 saturated heterocycles. The standard InChI is InChI=1S/C20H20N6O6/c21-25-23-13(17(29)15(27)11-7-3-1-4-8-11)19(31)20(32)14(24-26-22)18(30)16(28)12-9-5-2-6-10-12/h1-10,13-16,19-20,27-28,31-32H/t13-,14-,15?,16?,19-,20-/m1/s1. The summed E-state index contributed by atoms with van der Waals surface area (Å²) in [6, 6.07) is 11.1. The van der Waals surface area contributed by atoms with Crippen molar-refractivity contribution in [1.82, 2.24) is 0 Å². The Morgan fingerprint density at radius 1 is 0.656 bits per heavy atom. The highest BCUT2D eigenvalue weighted by molar-refractivity contribution is 5.91. The Hall–Kier alpha value is -3.76. The molecule has 2 rings (SSSR count). The van der Waals surface area contributed by atoms with E-state index in [0.717, 1.165) is 0 Å². The van der Waals surface area contributed by atoms with Crippen LogP contribution >= 0.6 is 0 Å². The second-order valence-electron chi connectivity index (χ2n) is 6.71. The van der Waals surface area contributed by atoms with E-state index in [1.165, 1.54) is 24.3 Å². The van der Waals surface area contributed by atoms with Crippen molar-refractivity contribution in [2.75, 3.05) is 0 Å². The van der Waals surface area contributed by atoms with Crippen LogP contribution in [0.2, 0.25) is 0 Å². The number of benzene rings is 2. The number of azide groups is 2. The van der Waals surface area contributed by atoms with E-state index in [0.29, 0.717) is 0 Å². The number of nitrogens with zero attached hydrogens (tertiary/aromatic N) is 6. The Kier molecular flexibility index (Phi) is 8.87. The van der Waals surface area contributed by atoms with Gasteiger partial charge in [-0.2, -0.15) is 0 Å². The van der Waals surface area contributed by atoms with E-state index in [-0.39, 0.29) is 11.1 Å². The number of Topliss-reactive ketones (excluding diaryl/α,β-unsaturated/α-hetero) is 2. The molecular weight excluding hydrogens is 420 g/mol. The topological polar surface area (TPSA) is 213 Å². The van der Waals surface area contributed by atoms with Crippen LogP contribution < -0.4 is 0 Å². The number of aliphatic hydroxyl groups excluding tert-OH is 4. The molecule has 0 aromatic heterocycles. The highest BCUT2D eigenvalue weighted by Crippen LogP contribution is 2.24. The van der Waals surface area contributed by atoms with E-state index in [9.17, 15) is 30.0 Å². The van der Waals surface area contributed by atoms with Gasteiger partial charge in [-0.15, -0.1) is 0 Å². The predicted molar refractivity (Wildman–Crippen MR) is 111 cm³/mol. The van der Waals surface area contributed by atoms with E-state index in [1.54, 1.807) is 36.4 Å². The van der Waals surface area contributed by atoms with Crippen molar-refractivity contribution < 1.29 is 30.0 Å². The van der Waals surface area contributed by atoms with E-state index in [2.05, 4.69) is 20.1 Å². The van der Waals surface area contributed by atoms with Gasteiger partial charge in [-0.05, 0) is 22.2 Å². The summed E-state index contributed by atoms with van der Waals surface area (Å²) in [5, 5.41) is 47.9. The molecule has 166 valence electrons. The average molecular weight is 440 g/mol. The number of hydrogen-bond donors (Lipinski definition) is 4. The van der Waals surface area contributed by atoms with Crippen molar-refractivity contribution in [3.8, 4) is 0 Å². The molecule has 0 fully saturated rings. The highest BCUT2D eigenvalue weighted by atomic mass is 16.3. The zero-order valence-electron chi connectivity index (χ0n) is 16.5. The van der Waals surface area contributed by atoms with Gasteiger partial charge >= 0.3 is 0 Å². The fraction of sp³-hybridized carbons (Fsp3) is 0.300. The molecule has 0 bridgehead atoms. The van der Waals surface area contributed by atoms with Gasteiger partial charge in [-0.3, -0.25) is 9.59 Å². The maximum absolute atomic E-state index is 12.7. The molecule has 2 unspecified atom stereocenters. The predicted octanol–water partition coefficient (Wildman–Crippen LogP) is 1.67. The van der Waals surface area contributed by atoms with Gasteiger partial charge < -0.3 is 20.4 Å². The summed E-state index contributed by atoms with van der Waals surface area (Å²) >= 11 is 0. The largest absolute Gasteiger partial charge is 0.390 e. The summed E-state index contributed by atoms with van der Waals surface area (Å²) in [5.74, 6) is -2.31. The zero-order chi connectivity index (χ0) is 23.7. The number of aliphatic hydroxyl groups is 4. The maximum atomic E-state index is 12.7. The minimum Gasteiger partial charge on any atom is -0.390 e. The third kappa shape index (κ3) is 5.68. The molecule has 0 saturated carbocycles. The smallest absolute Gasteiger partial charge is 0.177 e. The van der Waals surface area contributed by atoms with Gasteiger partial charge in [0.15, 0.2) is 11.6 Å². The quantitative estimate of drug-likeness (QED) is 0.231. The molecule has 2 aromatic carbocycles. The molecule has 0 aliphatic heterocycles. The molecule has 0 spiro atoms. The lowest BCUT2D eigenvalue weighted by atomic mass is 9.89. The van der Waals surface area contributed by atoms with Gasteiger partial charge in [0, 0.05) is 9.82 Å². The van der Waals surface area contributed by atoms with Crippen LogP contribution in [0.15, 0.2) is 70.9 Å². The Bertz CT molecular complexity index is 940. The molecule has 32 heavy (non-hydrogen) atoms. The molecule has 0 amide bonds. The van der Waals surface area contributed by atoms with Crippen LogP contribution in [0.4, 0.5) is 0 Å². The summed E-state index contributed by atoms with van der Waals surface area (Å²) in [4.78, 5) is 30.2. The molecule has 0 aliphatic rings. The van der Waals surface area contributed by atoms with Gasteiger partial charge in [0.05, 0.1) is 12.2 Å².